The van der Waals surface area contributed by atoms with Crippen LogP contribution in [0.4, 0.5) is 5.82 Å². The number of hydrogen-bond acceptors (Lipinski definition) is 4. The second-order valence-electron chi connectivity index (χ2n) is 4.05. The van der Waals surface area contributed by atoms with Crippen LogP contribution in [0.1, 0.15) is 11.3 Å². The molecule has 0 spiro atoms. The third-order valence-electron chi connectivity index (χ3n) is 2.62. The molecular weight excluding hydrogens is 248 g/mol. The SMILES string of the molecule is CN(Cc1ccc(Cl)cc1)c1cnc(CN)cn1. The minimum Gasteiger partial charge on any atom is -0.354 e. The first-order valence-electron chi connectivity index (χ1n) is 5.65. The molecule has 0 fully saturated rings. The highest BCUT2D eigenvalue weighted by atomic mass is 35.5. The highest BCUT2D eigenvalue weighted by Gasteiger charge is 2.04. The van der Waals surface area contributed by atoms with Gasteiger partial charge < -0.3 is 10.6 Å². The summed E-state index contributed by atoms with van der Waals surface area (Å²) in [6.45, 7) is 1.17. The monoisotopic (exact) mass is 262 g/mol. The Bertz CT molecular complexity index is 495. The van der Waals surface area contributed by atoms with Crippen LogP contribution in [-0.4, -0.2) is 17.0 Å². The van der Waals surface area contributed by atoms with Gasteiger partial charge in [-0.2, -0.15) is 0 Å². The first-order chi connectivity index (χ1) is 8.69. The van der Waals surface area contributed by atoms with Crippen molar-refractivity contribution in [2.45, 2.75) is 13.1 Å². The fourth-order valence-electron chi connectivity index (χ4n) is 1.60. The molecule has 0 unspecified atom stereocenters. The number of benzene rings is 1. The maximum absolute atomic E-state index is 5.85. The van der Waals surface area contributed by atoms with E-state index in [0.717, 1.165) is 23.1 Å². The summed E-state index contributed by atoms with van der Waals surface area (Å²) in [4.78, 5) is 10.6. The summed E-state index contributed by atoms with van der Waals surface area (Å²) >= 11 is 5.85. The Kier molecular flexibility index (Phi) is 4.12. The van der Waals surface area contributed by atoms with Crippen molar-refractivity contribution in [3.8, 4) is 0 Å². The zero-order chi connectivity index (χ0) is 13.0. The van der Waals surface area contributed by atoms with Gasteiger partial charge in [-0.15, -0.1) is 0 Å². The van der Waals surface area contributed by atoms with Gasteiger partial charge in [0.2, 0.25) is 0 Å². The molecule has 2 rings (SSSR count). The molecular formula is C13H15ClN4. The van der Waals surface area contributed by atoms with Gasteiger partial charge in [0, 0.05) is 25.2 Å². The predicted molar refractivity (Wildman–Crippen MR) is 73.5 cm³/mol. The summed E-state index contributed by atoms with van der Waals surface area (Å²) in [6, 6.07) is 7.77. The van der Waals surface area contributed by atoms with Gasteiger partial charge in [0.05, 0.1) is 18.1 Å². The fraction of sp³-hybridized carbons (Fsp3) is 0.231. The van der Waals surface area contributed by atoms with Crippen LogP contribution in [0, 0.1) is 0 Å². The van der Waals surface area contributed by atoms with Crippen LogP contribution >= 0.6 is 11.6 Å². The Morgan fingerprint density at radius 2 is 1.89 bits per heavy atom. The molecule has 1 aromatic heterocycles. The van der Waals surface area contributed by atoms with Gasteiger partial charge >= 0.3 is 0 Å². The van der Waals surface area contributed by atoms with Crippen molar-refractivity contribution in [3.63, 3.8) is 0 Å². The summed E-state index contributed by atoms with van der Waals surface area (Å²) in [6.07, 6.45) is 3.44. The lowest BCUT2D eigenvalue weighted by Gasteiger charge is -2.17. The third kappa shape index (κ3) is 3.18. The quantitative estimate of drug-likeness (QED) is 0.918. The summed E-state index contributed by atoms with van der Waals surface area (Å²) in [5.74, 6) is 0.821. The molecule has 1 aromatic carbocycles. The number of rotatable bonds is 4. The molecule has 0 aliphatic rings. The number of nitrogens with two attached hydrogens (primary N) is 1. The molecule has 0 saturated carbocycles. The van der Waals surface area contributed by atoms with Crippen molar-refractivity contribution >= 4 is 17.4 Å². The van der Waals surface area contributed by atoms with E-state index < -0.39 is 0 Å². The summed E-state index contributed by atoms with van der Waals surface area (Å²) < 4.78 is 0. The minimum atomic E-state index is 0.411. The fourth-order valence-corrected chi connectivity index (χ4v) is 1.72. The van der Waals surface area contributed by atoms with Crippen LogP contribution in [0.5, 0.6) is 0 Å². The van der Waals surface area contributed by atoms with E-state index in [0.29, 0.717) is 6.54 Å². The Balaban J connectivity index is 2.06. The normalized spacial score (nSPS) is 10.4. The first kappa shape index (κ1) is 12.8. The Hall–Kier alpha value is -1.65. The molecule has 0 aliphatic carbocycles. The Labute approximate surface area is 111 Å². The molecule has 5 heteroatoms. The van der Waals surface area contributed by atoms with E-state index in [1.807, 2.05) is 36.2 Å². The second kappa shape index (κ2) is 5.80. The highest BCUT2D eigenvalue weighted by Crippen LogP contribution is 2.14. The molecule has 4 nitrogen and oxygen atoms in total. The van der Waals surface area contributed by atoms with Gasteiger partial charge in [0.15, 0.2) is 0 Å². The summed E-state index contributed by atoms with van der Waals surface area (Å²) in [7, 11) is 1.97. The van der Waals surface area contributed by atoms with E-state index in [-0.39, 0.29) is 0 Å². The lowest BCUT2D eigenvalue weighted by molar-refractivity contribution is 0.873. The van der Waals surface area contributed by atoms with Gasteiger partial charge in [-0.05, 0) is 17.7 Å². The highest BCUT2D eigenvalue weighted by molar-refractivity contribution is 6.30. The van der Waals surface area contributed by atoms with E-state index in [1.165, 1.54) is 5.56 Å². The standard InChI is InChI=1S/C13H15ClN4/c1-18(9-10-2-4-11(14)5-3-10)13-8-16-12(6-15)7-17-13/h2-5,7-8H,6,9,15H2,1H3. The number of aromatic nitrogens is 2. The second-order valence-corrected chi connectivity index (χ2v) is 4.49. The average molecular weight is 263 g/mol. The molecule has 94 valence electrons. The molecule has 2 N–H and O–H groups in total. The molecule has 0 aliphatic heterocycles. The van der Waals surface area contributed by atoms with Crippen molar-refractivity contribution in [2.24, 2.45) is 5.73 Å². The van der Waals surface area contributed by atoms with Crippen molar-refractivity contribution in [2.75, 3.05) is 11.9 Å². The molecule has 0 saturated heterocycles. The van der Waals surface area contributed by atoms with Crippen LogP contribution in [-0.2, 0) is 13.1 Å². The van der Waals surface area contributed by atoms with E-state index >= 15 is 0 Å². The van der Waals surface area contributed by atoms with Crippen LogP contribution in [0.2, 0.25) is 5.02 Å². The maximum atomic E-state index is 5.85. The zero-order valence-corrected chi connectivity index (χ0v) is 10.9. The molecule has 0 atom stereocenters. The van der Waals surface area contributed by atoms with Gasteiger partial charge in [-0.3, -0.25) is 4.98 Å². The lowest BCUT2D eigenvalue weighted by atomic mass is 10.2. The topological polar surface area (TPSA) is 55.0 Å². The summed E-state index contributed by atoms with van der Waals surface area (Å²) in [5, 5.41) is 0.744. The Morgan fingerprint density at radius 1 is 1.17 bits per heavy atom. The molecule has 0 bridgehead atoms. The van der Waals surface area contributed by atoms with E-state index in [4.69, 9.17) is 17.3 Å². The summed E-state index contributed by atoms with van der Waals surface area (Å²) in [5.41, 5.74) is 7.45. The zero-order valence-electron chi connectivity index (χ0n) is 10.2. The van der Waals surface area contributed by atoms with Gasteiger partial charge in [-0.25, -0.2) is 4.98 Å². The molecule has 0 amide bonds. The van der Waals surface area contributed by atoms with E-state index in [9.17, 15) is 0 Å². The lowest BCUT2D eigenvalue weighted by Crippen LogP contribution is -2.18. The molecule has 2 aromatic rings. The Morgan fingerprint density at radius 3 is 2.44 bits per heavy atom. The molecule has 18 heavy (non-hydrogen) atoms. The van der Waals surface area contributed by atoms with Gasteiger partial charge in [0.25, 0.3) is 0 Å². The molecule has 0 radical (unpaired) electrons. The van der Waals surface area contributed by atoms with E-state index in [2.05, 4.69) is 9.97 Å². The van der Waals surface area contributed by atoms with Crippen LogP contribution in [0.3, 0.4) is 0 Å². The smallest absolute Gasteiger partial charge is 0.147 e. The van der Waals surface area contributed by atoms with Gasteiger partial charge in [-0.1, -0.05) is 23.7 Å². The average Bonchev–Trinajstić information content (AvgIpc) is 2.41. The number of halogens is 1. The largest absolute Gasteiger partial charge is 0.354 e. The first-order valence-corrected chi connectivity index (χ1v) is 6.03. The van der Waals surface area contributed by atoms with Crippen molar-refractivity contribution < 1.29 is 0 Å². The van der Waals surface area contributed by atoms with Gasteiger partial charge in [0.1, 0.15) is 5.82 Å². The maximum Gasteiger partial charge on any atom is 0.147 e. The van der Waals surface area contributed by atoms with Crippen molar-refractivity contribution in [1.82, 2.24) is 9.97 Å². The van der Waals surface area contributed by atoms with Crippen LogP contribution in [0.15, 0.2) is 36.7 Å². The van der Waals surface area contributed by atoms with Crippen LogP contribution < -0.4 is 10.6 Å². The molecule has 1 heterocycles. The number of hydrogen-bond donors (Lipinski definition) is 1. The van der Waals surface area contributed by atoms with E-state index in [1.54, 1.807) is 12.4 Å². The van der Waals surface area contributed by atoms with Crippen LogP contribution in [0.25, 0.3) is 0 Å². The van der Waals surface area contributed by atoms with Crippen molar-refractivity contribution in [3.05, 3.63) is 52.9 Å². The minimum absolute atomic E-state index is 0.411. The predicted octanol–water partition coefficient (Wildman–Crippen LogP) is 2.23. The number of anilines is 1. The van der Waals surface area contributed by atoms with Crippen molar-refractivity contribution in [1.29, 1.82) is 0 Å². The third-order valence-corrected chi connectivity index (χ3v) is 2.88. The number of nitrogens with zero attached hydrogens (tertiary/aromatic N) is 3.